The zero-order valence-electron chi connectivity index (χ0n) is 16.1. The van der Waals surface area contributed by atoms with Crippen molar-refractivity contribution < 1.29 is 0 Å². The average molecular weight is 367 g/mol. The highest BCUT2D eigenvalue weighted by atomic mass is 14.9. The summed E-state index contributed by atoms with van der Waals surface area (Å²) in [7, 11) is 0. The Kier molecular flexibility index (Phi) is 5.89. The Bertz CT molecular complexity index is 941. The fourth-order valence-electron chi connectivity index (χ4n) is 3.75. The van der Waals surface area contributed by atoms with E-state index in [-0.39, 0.29) is 0 Å². The van der Waals surface area contributed by atoms with E-state index in [1.165, 1.54) is 34.4 Å². The van der Waals surface area contributed by atoms with E-state index in [0.717, 1.165) is 25.1 Å². The molecule has 1 aliphatic rings. The predicted molar refractivity (Wildman–Crippen MR) is 120 cm³/mol. The Hall–Kier alpha value is -3.26. The Morgan fingerprint density at radius 1 is 0.679 bits per heavy atom. The number of hydrogen-bond acceptors (Lipinski definition) is 2. The molecule has 0 bridgehead atoms. The summed E-state index contributed by atoms with van der Waals surface area (Å²) in [5.41, 5.74) is 7.83. The van der Waals surface area contributed by atoms with Crippen LogP contribution in [0.2, 0.25) is 0 Å². The number of benzene rings is 3. The van der Waals surface area contributed by atoms with Gasteiger partial charge in [-0.2, -0.15) is 0 Å². The van der Waals surface area contributed by atoms with E-state index in [1.54, 1.807) is 0 Å². The fraction of sp³-hybridized carbons (Fsp3) is 0.154. The minimum atomic E-state index is 0.872. The summed E-state index contributed by atoms with van der Waals surface area (Å²) in [4.78, 5) is 0. The van der Waals surface area contributed by atoms with Crippen LogP contribution in [0.15, 0.2) is 108 Å². The van der Waals surface area contributed by atoms with Gasteiger partial charge in [-0.05, 0) is 65.8 Å². The van der Waals surface area contributed by atoms with Crippen LogP contribution >= 0.6 is 0 Å². The van der Waals surface area contributed by atoms with Crippen molar-refractivity contribution in [1.29, 1.82) is 0 Å². The van der Waals surface area contributed by atoms with E-state index in [0.29, 0.717) is 0 Å². The van der Waals surface area contributed by atoms with Gasteiger partial charge in [-0.15, -0.1) is 0 Å². The Balaban J connectivity index is 1.64. The van der Waals surface area contributed by atoms with Crippen LogP contribution in [0.25, 0.3) is 5.57 Å². The lowest BCUT2D eigenvalue weighted by atomic mass is 9.83. The molecular formula is C26H26N2. The molecule has 2 heteroatoms. The zero-order valence-corrected chi connectivity index (χ0v) is 16.1. The van der Waals surface area contributed by atoms with E-state index >= 15 is 0 Å². The Morgan fingerprint density at radius 2 is 1.29 bits per heavy atom. The zero-order chi connectivity index (χ0) is 19.0. The summed E-state index contributed by atoms with van der Waals surface area (Å²) in [6, 6.07) is 31.6. The molecule has 140 valence electrons. The van der Waals surface area contributed by atoms with Crippen LogP contribution in [0.3, 0.4) is 0 Å². The lowest BCUT2D eigenvalue weighted by molar-refractivity contribution is 0.781. The topological polar surface area (TPSA) is 24.1 Å². The third-order valence-electron chi connectivity index (χ3n) is 5.13. The summed E-state index contributed by atoms with van der Waals surface area (Å²) in [6.07, 6.45) is 5.61. The number of anilines is 2. The average Bonchev–Trinajstić information content (AvgIpc) is 2.78. The number of nitrogens with one attached hydrogen (secondary N) is 2. The lowest BCUT2D eigenvalue weighted by Crippen LogP contribution is -2.12. The molecule has 0 saturated carbocycles. The van der Waals surface area contributed by atoms with Crippen molar-refractivity contribution in [2.45, 2.75) is 19.3 Å². The first kappa shape index (κ1) is 18.1. The third kappa shape index (κ3) is 4.52. The van der Waals surface area contributed by atoms with E-state index in [2.05, 4.69) is 102 Å². The molecule has 0 heterocycles. The number of hydrogen-bond donors (Lipinski definition) is 2. The quantitative estimate of drug-likeness (QED) is 0.505. The fourth-order valence-corrected chi connectivity index (χ4v) is 3.75. The Morgan fingerprint density at radius 3 is 1.96 bits per heavy atom. The van der Waals surface area contributed by atoms with Crippen molar-refractivity contribution in [2.24, 2.45) is 0 Å². The van der Waals surface area contributed by atoms with Gasteiger partial charge in [-0.3, -0.25) is 0 Å². The van der Waals surface area contributed by atoms with Crippen LogP contribution in [-0.2, 0) is 0 Å². The molecule has 3 aromatic rings. The molecule has 0 atom stereocenters. The second-order valence-corrected chi connectivity index (χ2v) is 7.10. The molecule has 0 aromatic heterocycles. The van der Waals surface area contributed by atoms with Crippen molar-refractivity contribution in [3.63, 3.8) is 0 Å². The van der Waals surface area contributed by atoms with Crippen molar-refractivity contribution in [2.75, 3.05) is 17.2 Å². The van der Waals surface area contributed by atoms with Crippen LogP contribution in [0, 0.1) is 0 Å². The van der Waals surface area contributed by atoms with Crippen LogP contribution < -0.4 is 10.6 Å². The van der Waals surface area contributed by atoms with Crippen LogP contribution in [0.5, 0.6) is 0 Å². The third-order valence-corrected chi connectivity index (χ3v) is 5.13. The maximum Gasteiger partial charge on any atom is 0.0379 e. The number of allylic oxidation sites excluding steroid dienone is 2. The van der Waals surface area contributed by atoms with Crippen molar-refractivity contribution in [3.05, 3.63) is 114 Å². The highest BCUT2D eigenvalue weighted by Gasteiger charge is 2.19. The summed E-state index contributed by atoms with van der Waals surface area (Å²) >= 11 is 0. The van der Waals surface area contributed by atoms with E-state index in [4.69, 9.17) is 0 Å². The summed E-state index contributed by atoms with van der Waals surface area (Å²) in [6.45, 7) is 0.872. The molecule has 0 amide bonds. The molecule has 0 fully saturated rings. The molecule has 0 saturated heterocycles. The molecule has 3 aromatic carbocycles. The van der Waals surface area contributed by atoms with Gasteiger partial charge in [0.25, 0.3) is 0 Å². The van der Waals surface area contributed by atoms with Gasteiger partial charge in [0, 0.05) is 24.1 Å². The van der Waals surface area contributed by atoms with Gasteiger partial charge in [0.05, 0.1) is 0 Å². The molecule has 0 spiro atoms. The molecule has 0 aliphatic heterocycles. The van der Waals surface area contributed by atoms with Gasteiger partial charge in [0.15, 0.2) is 0 Å². The minimum Gasteiger partial charge on any atom is -0.381 e. The monoisotopic (exact) mass is 366 g/mol. The van der Waals surface area contributed by atoms with Crippen molar-refractivity contribution >= 4 is 16.9 Å². The highest BCUT2D eigenvalue weighted by molar-refractivity contribution is 5.83. The van der Waals surface area contributed by atoms with Gasteiger partial charge in [0.2, 0.25) is 0 Å². The normalized spacial score (nSPS) is 15.5. The van der Waals surface area contributed by atoms with Gasteiger partial charge in [-0.1, -0.05) is 66.7 Å². The first-order chi connectivity index (χ1) is 13.9. The van der Waals surface area contributed by atoms with Gasteiger partial charge in [-0.25, -0.2) is 0 Å². The summed E-state index contributed by atoms with van der Waals surface area (Å²) in [5, 5.41) is 7.09. The SMILES string of the molecule is C(/Nc1ccccc1)=C1/CCCC(CNc2ccccc2)=C1c1ccccc1. The van der Waals surface area contributed by atoms with Crippen LogP contribution in [-0.4, -0.2) is 6.54 Å². The lowest BCUT2D eigenvalue weighted by Gasteiger charge is -2.25. The van der Waals surface area contributed by atoms with E-state index in [1.807, 2.05) is 6.07 Å². The molecule has 2 N–H and O–H groups in total. The summed E-state index contributed by atoms with van der Waals surface area (Å²) in [5.74, 6) is 0. The summed E-state index contributed by atoms with van der Waals surface area (Å²) < 4.78 is 0. The second kappa shape index (κ2) is 9.09. The Labute approximate surface area is 167 Å². The van der Waals surface area contributed by atoms with Crippen LogP contribution in [0.1, 0.15) is 24.8 Å². The standard InChI is InChI=1S/C26H26N2/c1-4-11-21(12-5-1)26-22(19-27-24-15-6-2-7-16-24)13-10-14-23(26)20-28-25-17-8-3-9-18-25/h1-9,11-12,15-19,27-28H,10,13-14,20H2/b22-19+. The first-order valence-electron chi connectivity index (χ1n) is 9.97. The van der Waals surface area contributed by atoms with E-state index in [9.17, 15) is 0 Å². The van der Waals surface area contributed by atoms with Crippen molar-refractivity contribution in [1.82, 2.24) is 0 Å². The highest BCUT2D eigenvalue weighted by Crippen LogP contribution is 2.36. The smallest absolute Gasteiger partial charge is 0.0379 e. The number of rotatable bonds is 6. The first-order valence-corrected chi connectivity index (χ1v) is 9.97. The molecule has 0 radical (unpaired) electrons. The molecule has 4 rings (SSSR count). The second-order valence-electron chi connectivity index (χ2n) is 7.10. The van der Waals surface area contributed by atoms with Crippen molar-refractivity contribution in [3.8, 4) is 0 Å². The van der Waals surface area contributed by atoms with Crippen LogP contribution in [0.4, 0.5) is 11.4 Å². The largest absolute Gasteiger partial charge is 0.381 e. The molecule has 0 unspecified atom stereocenters. The number of para-hydroxylation sites is 2. The van der Waals surface area contributed by atoms with Gasteiger partial charge >= 0.3 is 0 Å². The molecular weight excluding hydrogens is 340 g/mol. The van der Waals surface area contributed by atoms with E-state index < -0.39 is 0 Å². The van der Waals surface area contributed by atoms with Gasteiger partial charge < -0.3 is 10.6 Å². The maximum absolute atomic E-state index is 3.60. The minimum absolute atomic E-state index is 0.872. The van der Waals surface area contributed by atoms with Gasteiger partial charge in [0.1, 0.15) is 0 Å². The molecule has 28 heavy (non-hydrogen) atoms. The predicted octanol–water partition coefficient (Wildman–Crippen LogP) is 6.73. The molecule has 1 aliphatic carbocycles. The molecule has 2 nitrogen and oxygen atoms in total. The maximum atomic E-state index is 3.60.